The lowest BCUT2D eigenvalue weighted by Crippen LogP contribution is -2.53. The fourth-order valence-electron chi connectivity index (χ4n) is 3.89. The molecule has 0 radical (unpaired) electrons. The normalized spacial score (nSPS) is 15.7. The molecule has 2 heterocycles. The average molecular weight is 412 g/mol. The maximum atomic E-state index is 4.96. The largest absolute Gasteiger partial charge is 0.354 e. The summed E-state index contributed by atoms with van der Waals surface area (Å²) in [5.41, 5.74) is 1.33. The van der Waals surface area contributed by atoms with Gasteiger partial charge < -0.3 is 14.8 Å². The average Bonchev–Trinajstić information content (AvgIpc) is 3.21. The minimum atomic E-state index is 0.713. The molecule has 1 aromatic heterocycles. The van der Waals surface area contributed by atoms with Crippen molar-refractivity contribution in [3.63, 3.8) is 0 Å². The van der Waals surface area contributed by atoms with Crippen molar-refractivity contribution in [3.8, 4) is 0 Å². The molecular weight excluding hydrogens is 374 g/mol. The molecule has 2 aromatic rings. The molecule has 0 amide bonds. The van der Waals surface area contributed by atoms with Crippen LogP contribution in [0.5, 0.6) is 0 Å². The first-order chi connectivity index (χ1) is 14.7. The first-order valence-corrected chi connectivity index (χ1v) is 11.3. The second-order valence-electron chi connectivity index (χ2n) is 8.34. The molecule has 164 valence electrons. The van der Waals surface area contributed by atoms with E-state index in [0.717, 1.165) is 70.4 Å². The number of hydrogen-bond acceptors (Lipinski definition) is 4. The fourth-order valence-corrected chi connectivity index (χ4v) is 3.89. The lowest BCUT2D eigenvalue weighted by atomic mass is 10.1. The lowest BCUT2D eigenvalue weighted by Gasteiger charge is -2.37. The first kappa shape index (κ1) is 22.3. The maximum Gasteiger partial charge on any atom is 0.194 e. The van der Waals surface area contributed by atoms with Crippen molar-refractivity contribution >= 4 is 5.96 Å². The number of piperazine rings is 1. The zero-order valence-electron chi connectivity index (χ0n) is 18.8. The molecule has 3 rings (SSSR count). The van der Waals surface area contributed by atoms with Crippen LogP contribution in [-0.4, -0.2) is 76.3 Å². The molecule has 1 aliphatic rings. The predicted molar refractivity (Wildman–Crippen MR) is 123 cm³/mol. The van der Waals surface area contributed by atoms with Crippen LogP contribution in [0.15, 0.2) is 41.7 Å². The van der Waals surface area contributed by atoms with Gasteiger partial charge in [-0.05, 0) is 17.9 Å². The van der Waals surface area contributed by atoms with Crippen LogP contribution in [0.2, 0.25) is 0 Å². The molecule has 0 bridgehead atoms. The molecule has 0 saturated carbocycles. The Balaban J connectivity index is 1.57. The molecule has 7 nitrogen and oxygen atoms in total. The number of rotatable bonds is 9. The van der Waals surface area contributed by atoms with Gasteiger partial charge in [-0.1, -0.05) is 51.1 Å². The molecule has 1 N–H and O–H groups in total. The molecule has 1 saturated heterocycles. The molecule has 7 heteroatoms. The molecule has 0 aliphatic carbocycles. The number of aromatic nitrogens is 3. The van der Waals surface area contributed by atoms with Gasteiger partial charge in [0.05, 0.1) is 0 Å². The van der Waals surface area contributed by atoms with E-state index >= 15 is 0 Å². The van der Waals surface area contributed by atoms with Gasteiger partial charge in [-0.15, -0.1) is 10.2 Å². The molecule has 1 aromatic carbocycles. The third-order valence-electron chi connectivity index (χ3n) is 5.45. The zero-order chi connectivity index (χ0) is 21.2. The summed E-state index contributed by atoms with van der Waals surface area (Å²) < 4.78 is 2.12. The van der Waals surface area contributed by atoms with E-state index in [1.54, 1.807) is 0 Å². The highest BCUT2D eigenvalue weighted by molar-refractivity contribution is 5.80. The summed E-state index contributed by atoms with van der Waals surface area (Å²) in [7, 11) is 0. The summed E-state index contributed by atoms with van der Waals surface area (Å²) in [5.74, 6) is 2.77. The van der Waals surface area contributed by atoms with Gasteiger partial charge in [0.1, 0.15) is 12.2 Å². The Morgan fingerprint density at radius 1 is 1.13 bits per heavy atom. The van der Waals surface area contributed by atoms with Crippen molar-refractivity contribution in [3.05, 3.63) is 48.0 Å². The number of benzene rings is 1. The third-order valence-corrected chi connectivity index (χ3v) is 5.45. The topological polar surface area (TPSA) is 61.6 Å². The summed E-state index contributed by atoms with van der Waals surface area (Å²) in [5, 5.41) is 11.8. The van der Waals surface area contributed by atoms with E-state index < -0.39 is 0 Å². The monoisotopic (exact) mass is 411 g/mol. The summed E-state index contributed by atoms with van der Waals surface area (Å²) >= 11 is 0. The molecule has 0 spiro atoms. The summed E-state index contributed by atoms with van der Waals surface area (Å²) in [4.78, 5) is 9.94. The van der Waals surface area contributed by atoms with Gasteiger partial charge in [-0.3, -0.25) is 9.89 Å². The van der Waals surface area contributed by atoms with E-state index in [2.05, 4.69) is 81.0 Å². The maximum absolute atomic E-state index is 4.96. The highest BCUT2D eigenvalue weighted by Crippen LogP contribution is 2.07. The van der Waals surface area contributed by atoms with Crippen LogP contribution in [0.1, 0.15) is 32.2 Å². The number of aliphatic imine (C=N–C) groups is 1. The Kier molecular flexibility index (Phi) is 8.68. The molecule has 0 atom stereocenters. The predicted octanol–water partition coefficient (Wildman–Crippen LogP) is 2.30. The van der Waals surface area contributed by atoms with E-state index in [1.807, 2.05) is 6.33 Å². The summed E-state index contributed by atoms with van der Waals surface area (Å²) in [6, 6.07) is 10.6. The van der Waals surface area contributed by atoms with Crippen molar-refractivity contribution in [1.29, 1.82) is 0 Å². The van der Waals surface area contributed by atoms with E-state index in [9.17, 15) is 0 Å². The van der Waals surface area contributed by atoms with E-state index in [4.69, 9.17) is 4.99 Å². The van der Waals surface area contributed by atoms with Crippen LogP contribution in [0.4, 0.5) is 0 Å². The SMILES string of the molecule is CCc1nncn1CCNC(=NCCc1ccccc1)N1CCN(CC(C)C)CC1. The van der Waals surface area contributed by atoms with Crippen LogP contribution in [0.3, 0.4) is 0 Å². The molecule has 30 heavy (non-hydrogen) atoms. The van der Waals surface area contributed by atoms with Gasteiger partial charge in [0, 0.05) is 58.8 Å². The standard InChI is InChI=1S/C23H37N7/c1-4-22-27-26-19-30(22)13-12-25-23(24-11-10-21-8-6-5-7-9-21)29-16-14-28(15-17-29)18-20(2)3/h5-9,19-20H,4,10-18H2,1-3H3,(H,24,25). The van der Waals surface area contributed by atoms with Crippen LogP contribution in [0, 0.1) is 5.92 Å². The van der Waals surface area contributed by atoms with Gasteiger partial charge in [0.2, 0.25) is 0 Å². The second-order valence-corrected chi connectivity index (χ2v) is 8.34. The summed E-state index contributed by atoms with van der Waals surface area (Å²) in [6.45, 7) is 14.6. The van der Waals surface area contributed by atoms with Gasteiger partial charge in [0.25, 0.3) is 0 Å². The van der Waals surface area contributed by atoms with Crippen LogP contribution < -0.4 is 5.32 Å². The molecule has 0 unspecified atom stereocenters. The number of aryl methyl sites for hydroxylation is 1. The van der Waals surface area contributed by atoms with Crippen LogP contribution >= 0.6 is 0 Å². The highest BCUT2D eigenvalue weighted by atomic mass is 15.4. The minimum absolute atomic E-state index is 0.713. The first-order valence-electron chi connectivity index (χ1n) is 11.3. The molecule has 1 aliphatic heterocycles. The second kappa shape index (κ2) is 11.7. The van der Waals surface area contributed by atoms with Crippen molar-refractivity contribution < 1.29 is 0 Å². The minimum Gasteiger partial charge on any atom is -0.354 e. The Morgan fingerprint density at radius 3 is 2.60 bits per heavy atom. The zero-order valence-corrected chi connectivity index (χ0v) is 18.8. The van der Waals surface area contributed by atoms with Gasteiger partial charge in [0.15, 0.2) is 5.96 Å². The summed E-state index contributed by atoms with van der Waals surface area (Å²) in [6.07, 6.45) is 3.68. The van der Waals surface area contributed by atoms with Gasteiger partial charge >= 0.3 is 0 Å². The Labute approximate surface area is 181 Å². The molecular formula is C23H37N7. The van der Waals surface area contributed by atoms with Gasteiger partial charge in [-0.2, -0.15) is 0 Å². The van der Waals surface area contributed by atoms with Gasteiger partial charge in [-0.25, -0.2) is 0 Å². The molecule has 1 fully saturated rings. The Bertz CT molecular complexity index is 761. The number of guanidine groups is 1. The number of nitrogens with one attached hydrogen (secondary N) is 1. The smallest absolute Gasteiger partial charge is 0.194 e. The Morgan fingerprint density at radius 2 is 1.90 bits per heavy atom. The fraction of sp³-hybridized carbons (Fsp3) is 0.609. The van der Waals surface area contributed by atoms with Crippen molar-refractivity contribution in [1.82, 2.24) is 29.9 Å². The number of hydrogen-bond donors (Lipinski definition) is 1. The van der Waals surface area contributed by atoms with Crippen LogP contribution in [0.25, 0.3) is 0 Å². The van der Waals surface area contributed by atoms with Crippen LogP contribution in [-0.2, 0) is 19.4 Å². The van der Waals surface area contributed by atoms with E-state index in [1.165, 1.54) is 12.1 Å². The quantitative estimate of drug-likeness (QED) is 0.507. The van der Waals surface area contributed by atoms with Crippen molar-refractivity contribution in [2.24, 2.45) is 10.9 Å². The van der Waals surface area contributed by atoms with E-state index in [-0.39, 0.29) is 0 Å². The van der Waals surface area contributed by atoms with Crippen molar-refractivity contribution in [2.45, 2.75) is 40.2 Å². The third kappa shape index (κ3) is 6.83. The van der Waals surface area contributed by atoms with E-state index in [0.29, 0.717) is 5.92 Å². The highest BCUT2D eigenvalue weighted by Gasteiger charge is 2.20. The lowest BCUT2D eigenvalue weighted by molar-refractivity contribution is 0.164. The number of nitrogens with zero attached hydrogens (tertiary/aromatic N) is 6. The Hall–Kier alpha value is -2.41. The van der Waals surface area contributed by atoms with Crippen molar-refractivity contribution in [2.75, 3.05) is 45.8 Å².